The molecule has 1 atom stereocenters. The van der Waals surface area contributed by atoms with Crippen molar-refractivity contribution in [2.75, 3.05) is 6.54 Å². The van der Waals surface area contributed by atoms with Crippen LogP contribution in [0, 0.1) is 0 Å². The second-order valence-corrected chi connectivity index (χ2v) is 6.49. The average Bonchev–Trinajstić information content (AvgIpc) is 2.85. The van der Waals surface area contributed by atoms with Crippen LogP contribution in [0.5, 0.6) is 0 Å². The van der Waals surface area contributed by atoms with Gasteiger partial charge in [0.1, 0.15) is 17.3 Å². The van der Waals surface area contributed by atoms with Crippen LogP contribution in [-0.4, -0.2) is 39.9 Å². The third-order valence-corrected chi connectivity index (χ3v) is 3.37. The molecule has 0 bridgehead atoms. The van der Waals surface area contributed by atoms with Crippen molar-refractivity contribution >= 4 is 23.5 Å². The van der Waals surface area contributed by atoms with Gasteiger partial charge in [0.05, 0.1) is 0 Å². The van der Waals surface area contributed by atoms with Gasteiger partial charge in [-0.15, -0.1) is 0 Å². The standard InChI is InChI=1S/C15H19ClN2O3/c1-15(2,3)21-14(20)12-5-4-8-18(12)13(19)11-9-10(16)6-7-17-11/h6-7,9,12H,4-5,8H2,1-3H3/t12-/m1/s1. The Morgan fingerprint density at radius 2 is 2.14 bits per heavy atom. The highest BCUT2D eigenvalue weighted by atomic mass is 35.5. The number of carbonyl (C=O) groups is 2. The number of rotatable bonds is 2. The van der Waals surface area contributed by atoms with Crippen molar-refractivity contribution in [1.29, 1.82) is 0 Å². The van der Waals surface area contributed by atoms with Gasteiger partial charge in [0.25, 0.3) is 5.91 Å². The van der Waals surface area contributed by atoms with Gasteiger partial charge in [-0.25, -0.2) is 4.79 Å². The minimum absolute atomic E-state index is 0.248. The maximum Gasteiger partial charge on any atom is 0.329 e. The van der Waals surface area contributed by atoms with Crippen LogP contribution in [0.15, 0.2) is 18.3 Å². The van der Waals surface area contributed by atoms with Crippen LogP contribution in [0.2, 0.25) is 5.02 Å². The van der Waals surface area contributed by atoms with Gasteiger partial charge >= 0.3 is 5.97 Å². The van der Waals surface area contributed by atoms with Gasteiger partial charge in [-0.2, -0.15) is 0 Å². The number of carbonyl (C=O) groups excluding carboxylic acids is 2. The Bertz CT molecular complexity index is 554. The molecule has 5 nitrogen and oxygen atoms in total. The minimum Gasteiger partial charge on any atom is -0.458 e. The lowest BCUT2D eigenvalue weighted by Gasteiger charge is -2.27. The van der Waals surface area contributed by atoms with E-state index in [-0.39, 0.29) is 17.6 Å². The summed E-state index contributed by atoms with van der Waals surface area (Å²) in [5.74, 6) is -0.652. The number of amides is 1. The number of hydrogen-bond donors (Lipinski definition) is 0. The number of halogens is 1. The maximum absolute atomic E-state index is 12.5. The van der Waals surface area contributed by atoms with E-state index in [0.717, 1.165) is 6.42 Å². The van der Waals surface area contributed by atoms with E-state index in [9.17, 15) is 9.59 Å². The number of pyridine rings is 1. The van der Waals surface area contributed by atoms with Crippen molar-refractivity contribution in [3.8, 4) is 0 Å². The molecule has 1 aliphatic rings. The van der Waals surface area contributed by atoms with Gasteiger partial charge in [-0.3, -0.25) is 9.78 Å². The summed E-state index contributed by atoms with van der Waals surface area (Å²) in [5.41, 5.74) is -0.319. The predicted octanol–water partition coefficient (Wildman–Crippen LogP) is 2.68. The quantitative estimate of drug-likeness (QED) is 0.788. The molecule has 0 aromatic carbocycles. The minimum atomic E-state index is -0.567. The van der Waals surface area contributed by atoms with E-state index in [4.69, 9.17) is 16.3 Å². The van der Waals surface area contributed by atoms with Crippen molar-refractivity contribution < 1.29 is 14.3 Å². The maximum atomic E-state index is 12.5. The fourth-order valence-corrected chi connectivity index (χ4v) is 2.45. The molecule has 1 fully saturated rings. The number of nitrogens with zero attached hydrogens (tertiary/aromatic N) is 2. The van der Waals surface area contributed by atoms with E-state index < -0.39 is 11.6 Å². The van der Waals surface area contributed by atoms with Crippen LogP contribution >= 0.6 is 11.6 Å². The molecule has 2 rings (SSSR count). The normalized spacial score (nSPS) is 18.7. The van der Waals surface area contributed by atoms with E-state index in [1.165, 1.54) is 17.2 Å². The summed E-state index contributed by atoms with van der Waals surface area (Å²) >= 11 is 5.88. The zero-order chi connectivity index (χ0) is 15.6. The van der Waals surface area contributed by atoms with Gasteiger partial charge in [-0.05, 0) is 45.7 Å². The SMILES string of the molecule is CC(C)(C)OC(=O)[C@H]1CCCN1C(=O)c1cc(Cl)ccn1. The third kappa shape index (κ3) is 3.94. The highest BCUT2D eigenvalue weighted by Crippen LogP contribution is 2.23. The Hall–Kier alpha value is -1.62. The Morgan fingerprint density at radius 1 is 1.43 bits per heavy atom. The van der Waals surface area contributed by atoms with E-state index in [1.54, 1.807) is 6.07 Å². The molecule has 1 saturated heterocycles. The van der Waals surface area contributed by atoms with Gasteiger partial charge < -0.3 is 9.64 Å². The van der Waals surface area contributed by atoms with E-state index in [2.05, 4.69) is 4.98 Å². The molecule has 6 heteroatoms. The third-order valence-electron chi connectivity index (χ3n) is 3.13. The Balaban J connectivity index is 2.15. The summed E-state index contributed by atoms with van der Waals surface area (Å²) in [6.07, 6.45) is 2.87. The van der Waals surface area contributed by atoms with Crippen molar-refractivity contribution in [1.82, 2.24) is 9.88 Å². The lowest BCUT2D eigenvalue weighted by atomic mass is 10.1. The van der Waals surface area contributed by atoms with Gasteiger partial charge in [0.15, 0.2) is 0 Å². The van der Waals surface area contributed by atoms with Crippen LogP contribution in [0.4, 0.5) is 0 Å². The topological polar surface area (TPSA) is 59.5 Å². The molecule has 0 radical (unpaired) electrons. The molecule has 2 heterocycles. The molecule has 1 aliphatic heterocycles. The van der Waals surface area contributed by atoms with Crippen molar-refractivity contribution in [2.24, 2.45) is 0 Å². The highest BCUT2D eigenvalue weighted by Gasteiger charge is 2.37. The fourth-order valence-electron chi connectivity index (χ4n) is 2.29. The summed E-state index contributed by atoms with van der Waals surface area (Å²) < 4.78 is 5.38. The first-order valence-corrected chi connectivity index (χ1v) is 7.31. The molecule has 1 amide bonds. The van der Waals surface area contributed by atoms with E-state index in [0.29, 0.717) is 18.0 Å². The smallest absolute Gasteiger partial charge is 0.329 e. The summed E-state index contributed by atoms with van der Waals surface area (Å²) in [7, 11) is 0. The van der Waals surface area contributed by atoms with Crippen LogP contribution in [0.25, 0.3) is 0 Å². The molecule has 1 aromatic rings. The first-order valence-electron chi connectivity index (χ1n) is 6.93. The molecular formula is C15H19ClN2O3. The largest absolute Gasteiger partial charge is 0.458 e. The van der Waals surface area contributed by atoms with Crippen LogP contribution < -0.4 is 0 Å². The Morgan fingerprint density at radius 3 is 2.76 bits per heavy atom. The highest BCUT2D eigenvalue weighted by molar-refractivity contribution is 6.30. The lowest BCUT2D eigenvalue weighted by Crippen LogP contribution is -2.43. The van der Waals surface area contributed by atoms with E-state index >= 15 is 0 Å². The number of ether oxygens (including phenoxy) is 1. The molecule has 0 aliphatic carbocycles. The molecule has 0 N–H and O–H groups in total. The van der Waals surface area contributed by atoms with Crippen LogP contribution in [0.1, 0.15) is 44.1 Å². The first kappa shape index (κ1) is 15.8. The zero-order valence-electron chi connectivity index (χ0n) is 12.4. The monoisotopic (exact) mass is 310 g/mol. The average molecular weight is 311 g/mol. The second-order valence-electron chi connectivity index (χ2n) is 6.05. The van der Waals surface area contributed by atoms with Crippen LogP contribution in [-0.2, 0) is 9.53 Å². The Kier molecular flexibility index (Phi) is 4.52. The zero-order valence-corrected chi connectivity index (χ0v) is 13.2. The summed E-state index contributed by atoms with van der Waals surface area (Å²) in [5, 5.41) is 0.446. The number of esters is 1. The summed E-state index contributed by atoms with van der Waals surface area (Å²) in [6.45, 7) is 5.95. The van der Waals surface area contributed by atoms with Gasteiger partial charge in [0, 0.05) is 17.8 Å². The molecule has 0 spiro atoms. The molecule has 0 saturated carbocycles. The summed E-state index contributed by atoms with van der Waals surface area (Å²) in [4.78, 5) is 30.2. The predicted molar refractivity (Wildman–Crippen MR) is 79.2 cm³/mol. The van der Waals surface area contributed by atoms with Crippen molar-refractivity contribution in [3.05, 3.63) is 29.0 Å². The number of aromatic nitrogens is 1. The number of likely N-dealkylation sites (tertiary alicyclic amines) is 1. The molecular weight excluding hydrogens is 292 g/mol. The molecule has 1 aromatic heterocycles. The second kappa shape index (κ2) is 6.02. The molecule has 114 valence electrons. The number of hydrogen-bond acceptors (Lipinski definition) is 4. The van der Waals surface area contributed by atoms with Crippen molar-refractivity contribution in [2.45, 2.75) is 45.3 Å². The van der Waals surface area contributed by atoms with Crippen LogP contribution in [0.3, 0.4) is 0 Å². The Labute approximate surface area is 129 Å². The fraction of sp³-hybridized carbons (Fsp3) is 0.533. The van der Waals surface area contributed by atoms with Crippen molar-refractivity contribution in [3.63, 3.8) is 0 Å². The molecule has 0 unspecified atom stereocenters. The molecule has 21 heavy (non-hydrogen) atoms. The van der Waals surface area contributed by atoms with Gasteiger partial charge in [-0.1, -0.05) is 11.6 Å². The van der Waals surface area contributed by atoms with E-state index in [1.807, 2.05) is 20.8 Å². The summed E-state index contributed by atoms with van der Waals surface area (Å²) in [6, 6.07) is 2.57. The first-order chi connectivity index (χ1) is 9.78. The lowest BCUT2D eigenvalue weighted by molar-refractivity contribution is -0.159. The van der Waals surface area contributed by atoms with Gasteiger partial charge in [0.2, 0.25) is 0 Å².